The fraction of sp³-hybridized carbons (Fsp3) is 0.158. The molecule has 0 aliphatic rings. The number of thiazole rings is 1. The molecule has 0 spiro atoms. The summed E-state index contributed by atoms with van der Waals surface area (Å²) >= 11 is 7.42. The van der Waals surface area contributed by atoms with Gasteiger partial charge >= 0.3 is 0 Å². The summed E-state index contributed by atoms with van der Waals surface area (Å²) in [5.41, 5.74) is 2.21. The number of nitrogens with zero attached hydrogens (tertiary/aromatic N) is 3. The topological polar surface area (TPSA) is 76.4 Å². The van der Waals surface area contributed by atoms with Crippen molar-refractivity contribution in [3.05, 3.63) is 69.9 Å². The SMILES string of the molecule is Cc1ccc(S(=O)(=O)NCCc2csc3nc(-c4cccc(F)c4)nn23)cc1Cl. The number of aryl methyl sites for hydroxylation is 1. The van der Waals surface area contributed by atoms with Crippen molar-refractivity contribution in [1.29, 1.82) is 0 Å². The summed E-state index contributed by atoms with van der Waals surface area (Å²) in [5, 5.41) is 6.71. The molecule has 4 aromatic rings. The number of rotatable bonds is 6. The maximum atomic E-state index is 13.4. The van der Waals surface area contributed by atoms with Gasteiger partial charge in [0, 0.05) is 28.9 Å². The molecule has 150 valence electrons. The average Bonchev–Trinajstić information content (AvgIpc) is 3.25. The molecule has 0 aliphatic heterocycles. The summed E-state index contributed by atoms with van der Waals surface area (Å²) < 4.78 is 42.6. The molecule has 0 unspecified atom stereocenters. The molecule has 0 aliphatic carbocycles. The van der Waals surface area contributed by atoms with Crippen LogP contribution in [0.1, 0.15) is 11.3 Å². The van der Waals surface area contributed by atoms with Gasteiger partial charge in [0.15, 0.2) is 5.82 Å². The van der Waals surface area contributed by atoms with E-state index in [2.05, 4.69) is 14.8 Å². The second-order valence-electron chi connectivity index (χ2n) is 6.43. The van der Waals surface area contributed by atoms with E-state index < -0.39 is 10.0 Å². The summed E-state index contributed by atoms with van der Waals surface area (Å²) in [6.07, 6.45) is 0.421. The maximum absolute atomic E-state index is 13.4. The second kappa shape index (κ2) is 7.83. The molecule has 2 aromatic carbocycles. The third-order valence-electron chi connectivity index (χ3n) is 4.36. The van der Waals surface area contributed by atoms with Gasteiger partial charge in [0.05, 0.1) is 10.6 Å². The normalized spacial score (nSPS) is 12.0. The van der Waals surface area contributed by atoms with Crippen molar-refractivity contribution in [1.82, 2.24) is 19.3 Å². The van der Waals surface area contributed by atoms with Crippen molar-refractivity contribution in [3.63, 3.8) is 0 Å². The first-order valence-corrected chi connectivity index (χ1v) is 11.4. The maximum Gasteiger partial charge on any atom is 0.240 e. The van der Waals surface area contributed by atoms with Crippen LogP contribution in [-0.4, -0.2) is 29.6 Å². The molecule has 0 saturated heterocycles. The molecule has 0 amide bonds. The molecule has 1 N–H and O–H groups in total. The number of fused-ring (bicyclic) bond motifs is 1. The molecule has 0 atom stereocenters. The minimum Gasteiger partial charge on any atom is -0.211 e. The number of nitrogens with one attached hydrogen (secondary N) is 1. The summed E-state index contributed by atoms with van der Waals surface area (Å²) in [5.74, 6) is 0.0685. The first kappa shape index (κ1) is 20.0. The Hall–Kier alpha value is -2.33. The van der Waals surface area contributed by atoms with Crippen LogP contribution in [0.25, 0.3) is 16.3 Å². The molecule has 0 saturated carbocycles. The van der Waals surface area contributed by atoms with Crippen molar-refractivity contribution in [2.75, 3.05) is 6.54 Å². The Kier molecular flexibility index (Phi) is 5.39. The van der Waals surface area contributed by atoms with Gasteiger partial charge < -0.3 is 0 Å². The van der Waals surface area contributed by atoms with Gasteiger partial charge in [0.1, 0.15) is 5.82 Å². The van der Waals surface area contributed by atoms with E-state index >= 15 is 0 Å². The van der Waals surface area contributed by atoms with Crippen LogP contribution in [0.2, 0.25) is 5.02 Å². The summed E-state index contributed by atoms with van der Waals surface area (Å²) in [7, 11) is -3.67. The Morgan fingerprint density at radius 2 is 2.07 bits per heavy atom. The van der Waals surface area contributed by atoms with Gasteiger partial charge in [-0.1, -0.05) is 29.8 Å². The Balaban J connectivity index is 1.49. The number of benzene rings is 2. The average molecular weight is 451 g/mol. The fourth-order valence-electron chi connectivity index (χ4n) is 2.78. The van der Waals surface area contributed by atoms with E-state index in [1.54, 1.807) is 22.7 Å². The monoisotopic (exact) mass is 450 g/mol. The third kappa shape index (κ3) is 4.18. The number of aromatic nitrogens is 3. The minimum atomic E-state index is -3.67. The highest BCUT2D eigenvalue weighted by Gasteiger charge is 2.16. The van der Waals surface area contributed by atoms with Crippen LogP contribution in [-0.2, 0) is 16.4 Å². The van der Waals surface area contributed by atoms with Gasteiger partial charge in [0.25, 0.3) is 0 Å². The van der Waals surface area contributed by atoms with E-state index in [0.29, 0.717) is 27.8 Å². The van der Waals surface area contributed by atoms with Crippen LogP contribution in [0.4, 0.5) is 4.39 Å². The van der Waals surface area contributed by atoms with Crippen molar-refractivity contribution in [2.24, 2.45) is 0 Å². The van der Waals surface area contributed by atoms with E-state index in [0.717, 1.165) is 11.3 Å². The molecule has 2 aromatic heterocycles. The highest BCUT2D eigenvalue weighted by Crippen LogP contribution is 2.22. The number of hydrogen-bond acceptors (Lipinski definition) is 5. The van der Waals surface area contributed by atoms with Crippen molar-refractivity contribution >= 4 is 37.9 Å². The molecule has 0 bridgehead atoms. The van der Waals surface area contributed by atoms with E-state index in [4.69, 9.17) is 11.6 Å². The summed E-state index contributed by atoms with van der Waals surface area (Å²) in [6, 6.07) is 10.7. The smallest absolute Gasteiger partial charge is 0.211 e. The Morgan fingerprint density at radius 3 is 2.83 bits per heavy atom. The quantitative estimate of drug-likeness (QED) is 0.480. The molecule has 2 heterocycles. The van der Waals surface area contributed by atoms with Gasteiger partial charge in [-0.25, -0.2) is 22.0 Å². The Bertz CT molecular complexity index is 1300. The lowest BCUT2D eigenvalue weighted by Crippen LogP contribution is -2.26. The number of hydrogen-bond donors (Lipinski definition) is 1. The summed E-state index contributed by atoms with van der Waals surface area (Å²) in [6.45, 7) is 2.00. The van der Waals surface area contributed by atoms with Gasteiger partial charge in [-0.15, -0.1) is 16.4 Å². The first-order valence-electron chi connectivity index (χ1n) is 8.68. The fourth-order valence-corrected chi connectivity index (χ4v) is 4.94. The minimum absolute atomic E-state index is 0.123. The van der Waals surface area contributed by atoms with E-state index in [1.807, 2.05) is 12.3 Å². The van der Waals surface area contributed by atoms with Crippen LogP contribution in [0.15, 0.2) is 52.7 Å². The lowest BCUT2D eigenvalue weighted by molar-refractivity contribution is 0.581. The lowest BCUT2D eigenvalue weighted by Gasteiger charge is -2.07. The lowest BCUT2D eigenvalue weighted by atomic mass is 10.2. The van der Waals surface area contributed by atoms with Gasteiger partial charge in [-0.05, 0) is 36.8 Å². The van der Waals surface area contributed by atoms with Crippen LogP contribution >= 0.6 is 22.9 Å². The Morgan fingerprint density at radius 1 is 1.24 bits per heavy atom. The van der Waals surface area contributed by atoms with Crippen molar-refractivity contribution < 1.29 is 12.8 Å². The molecular weight excluding hydrogens is 435 g/mol. The predicted octanol–water partition coefficient (Wildman–Crippen LogP) is 4.08. The second-order valence-corrected chi connectivity index (χ2v) is 9.44. The predicted molar refractivity (Wildman–Crippen MR) is 111 cm³/mol. The Labute approximate surface area is 176 Å². The van der Waals surface area contributed by atoms with Crippen molar-refractivity contribution in [2.45, 2.75) is 18.2 Å². The van der Waals surface area contributed by atoms with Crippen LogP contribution in [0.3, 0.4) is 0 Å². The molecular formula is C19H16ClFN4O2S2. The summed E-state index contributed by atoms with van der Waals surface area (Å²) in [4.78, 5) is 5.20. The number of halogens is 2. The van der Waals surface area contributed by atoms with E-state index in [-0.39, 0.29) is 17.3 Å². The van der Waals surface area contributed by atoms with E-state index in [1.165, 1.54) is 35.6 Å². The zero-order valence-corrected chi connectivity index (χ0v) is 17.7. The molecule has 0 fully saturated rings. The van der Waals surface area contributed by atoms with Crippen molar-refractivity contribution in [3.8, 4) is 11.4 Å². The molecule has 0 radical (unpaired) electrons. The van der Waals surface area contributed by atoms with Gasteiger partial charge in [0.2, 0.25) is 15.0 Å². The van der Waals surface area contributed by atoms with Crippen LogP contribution in [0.5, 0.6) is 0 Å². The highest BCUT2D eigenvalue weighted by molar-refractivity contribution is 7.89. The zero-order valence-electron chi connectivity index (χ0n) is 15.3. The van der Waals surface area contributed by atoms with Gasteiger partial charge in [-0.3, -0.25) is 0 Å². The first-order chi connectivity index (χ1) is 13.8. The number of sulfonamides is 1. The van der Waals surface area contributed by atoms with Crippen LogP contribution < -0.4 is 4.72 Å². The van der Waals surface area contributed by atoms with E-state index in [9.17, 15) is 12.8 Å². The molecule has 29 heavy (non-hydrogen) atoms. The largest absolute Gasteiger partial charge is 0.240 e. The molecule has 10 heteroatoms. The standard InChI is InChI=1S/C19H16ClFN4O2S2/c1-12-5-6-16(10-17(12)20)29(26,27)22-8-7-15-11-28-19-23-18(24-25(15)19)13-3-2-4-14(21)9-13/h2-6,9-11,22H,7-8H2,1H3. The highest BCUT2D eigenvalue weighted by atomic mass is 35.5. The van der Waals surface area contributed by atoms with Crippen LogP contribution in [0, 0.1) is 12.7 Å². The third-order valence-corrected chi connectivity index (χ3v) is 7.09. The molecule has 6 nitrogen and oxygen atoms in total. The zero-order chi connectivity index (χ0) is 20.6. The molecule has 4 rings (SSSR count). The van der Waals surface area contributed by atoms with Gasteiger partial charge in [-0.2, -0.15) is 4.98 Å².